The highest BCUT2D eigenvalue weighted by molar-refractivity contribution is 5.89. The van der Waals surface area contributed by atoms with Gasteiger partial charge in [0.2, 0.25) is 0 Å². The first kappa shape index (κ1) is 5.20. The van der Waals surface area contributed by atoms with Crippen molar-refractivity contribution in [2.24, 2.45) is 4.99 Å². The van der Waals surface area contributed by atoms with Gasteiger partial charge in [-0.15, -0.1) is 0 Å². The molecule has 0 radical (unpaired) electrons. The van der Waals surface area contributed by atoms with Crippen LogP contribution in [0.15, 0.2) is 4.99 Å². The van der Waals surface area contributed by atoms with E-state index in [4.69, 9.17) is 0 Å². The number of hydrogen-bond donors (Lipinski definition) is 3. The predicted molar refractivity (Wildman–Crippen MR) is 35.2 cm³/mol. The molecule has 2 aliphatic heterocycles. The van der Waals surface area contributed by atoms with Crippen molar-refractivity contribution in [1.29, 1.82) is 0 Å². The Hall–Kier alpha value is -0.610. The van der Waals surface area contributed by atoms with Crippen molar-refractivity contribution in [3.8, 4) is 0 Å². The molecule has 1 atom stereocenters. The second-order valence-corrected chi connectivity index (χ2v) is 2.28. The third-order valence-electron chi connectivity index (χ3n) is 1.64. The second-order valence-electron chi connectivity index (χ2n) is 2.28. The van der Waals surface area contributed by atoms with Gasteiger partial charge >= 0.3 is 0 Å². The lowest BCUT2D eigenvalue weighted by molar-refractivity contribution is 0.601. The van der Waals surface area contributed by atoms with E-state index in [1.165, 1.54) is 0 Å². The molecule has 4 heteroatoms. The summed E-state index contributed by atoms with van der Waals surface area (Å²) in [5, 5.41) is 3.33. The van der Waals surface area contributed by atoms with E-state index < -0.39 is 0 Å². The molecule has 4 nitrogen and oxygen atoms in total. The number of hydrazine groups is 1. The van der Waals surface area contributed by atoms with Gasteiger partial charge in [0.25, 0.3) is 0 Å². The summed E-state index contributed by atoms with van der Waals surface area (Å²) in [4.78, 5) is 4.27. The monoisotopic (exact) mass is 126 g/mol. The first-order valence-corrected chi connectivity index (χ1v) is 3.23. The fraction of sp³-hybridized carbons (Fsp3) is 0.800. The first-order chi connectivity index (χ1) is 4.47. The maximum absolute atomic E-state index is 4.27. The molecule has 0 saturated carbocycles. The lowest BCUT2D eigenvalue weighted by atomic mass is 10.2. The van der Waals surface area contributed by atoms with E-state index in [1.807, 2.05) is 0 Å². The van der Waals surface area contributed by atoms with Gasteiger partial charge in [-0.25, -0.2) is 5.43 Å². The fourth-order valence-electron chi connectivity index (χ4n) is 1.16. The number of rotatable bonds is 0. The molecule has 0 amide bonds. The summed E-state index contributed by atoms with van der Waals surface area (Å²) in [6.07, 6.45) is 0. The number of amidine groups is 1. The van der Waals surface area contributed by atoms with E-state index >= 15 is 0 Å². The van der Waals surface area contributed by atoms with Crippen molar-refractivity contribution in [1.82, 2.24) is 16.2 Å². The Balaban J connectivity index is 2.16. The molecule has 0 bridgehead atoms. The average molecular weight is 126 g/mol. The summed E-state index contributed by atoms with van der Waals surface area (Å²) in [6.45, 7) is 2.87. The highest BCUT2D eigenvalue weighted by Crippen LogP contribution is 1.95. The molecular weight excluding hydrogens is 116 g/mol. The van der Waals surface area contributed by atoms with E-state index in [-0.39, 0.29) is 0 Å². The van der Waals surface area contributed by atoms with Crippen molar-refractivity contribution in [3.63, 3.8) is 0 Å². The Kier molecular flexibility index (Phi) is 1.13. The van der Waals surface area contributed by atoms with Crippen molar-refractivity contribution in [2.45, 2.75) is 6.04 Å². The van der Waals surface area contributed by atoms with Gasteiger partial charge in [-0.05, 0) is 0 Å². The highest BCUT2D eigenvalue weighted by Gasteiger charge is 2.22. The third kappa shape index (κ3) is 0.799. The number of nitrogens with zero attached hydrogens (tertiary/aromatic N) is 1. The number of hydrogen-bond acceptors (Lipinski definition) is 4. The molecule has 3 N–H and O–H groups in total. The predicted octanol–water partition coefficient (Wildman–Crippen LogP) is -1.54. The molecule has 2 aliphatic rings. The van der Waals surface area contributed by atoms with Gasteiger partial charge < -0.3 is 10.7 Å². The lowest BCUT2D eigenvalue weighted by Crippen LogP contribution is -2.43. The summed E-state index contributed by atoms with van der Waals surface area (Å²) < 4.78 is 0. The Morgan fingerprint density at radius 1 is 1.56 bits per heavy atom. The molecule has 50 valence electrons. The van der Waals surface area contributed by atoms with Crippen molar-refractivity contribution in [3.05, 3.63) is 0 Å². The minimum absolute atomic E-state index is 0.443. The van der Waals surface area contributed by atoms with E-state index in [2.05, 4.69) is 21.2 Å². The van der Waals surface area contributed by atoms with Crippen LogP contribution in [0.1, 0.15) is 0 Å². The van der Waals surface area contributed by atoms with Gasteiger partial charge in [0.05, 0.1) is 12.6 Å². The molecule has 0 aromatic rings. The van der Waals surface area contributed by atoms with E-state index in [0.717, 1.165) is 25.5 Å². The van der Waals surface area contributed by atoms with Gasteiger partial charge in [0, 0.05) is 13.1 Å². The zero-order valence-electron chi connectivity index (χ0n) is 5.15. The van der Waals surface area contributed by atoms with Gasteiger partial charge in [-0.1, -0.05) is 0 Å². The number of nitrogens with one attached hydrogen (secondary N) is 3. The van der Waals surface area contributed by atoms with Crippen LogP contribution in [0, 0.1) is 0 Å². The van der Waals surface area contributed by atoms with Crippen LogP contribution in [0.3, 0.4) is 0 Å². The van der Waals surface area contributed by atoms with Crippen LogP contribution in [0.5, 0.6) is 0 Å². The molecule has 1 unspecified atom stereocenters. The minimum Gasteiger partial charge on any atom is -0.308 e. The van der Waals surface area contributed by atoms with Crippen LogP contribution >= 0.6 is 0 Å². The van der Waals surface area contributed by atoms with E-state index in [9.17, 15) is 0 Å². The fourth-order valence-corrected chi connectivity index (χ4v) is 1.16. The van der Waals surface area contributed by atoms with Crippen LogP contribution in [0.2, 0.25) is 0 Å². The summed E-state index contributed by atoms with van der Waals surface area (Å²) in [6, 6.07) is 0.443. The summed E-state index contributed by atoms with van der Waals surface area (Å²) in [5.74, 6) is 1.07. The normalized spacial score (nSPS) is 32.9. The largest absolute Gasteiger partial charge is 0.308 e. The molecule has 9 heavy (non-hydrogen) atoms. The van der Waals surface area contributed by atoms with Crippen LogP contribution < -0.4 is 16.2 Å². The number of aliphatic imine (C=N–C) groups is 1. The van der Waals surface area contributed by atoms with Crippen LogP contribution in [0.25, 0.3) is 0 Å². The first-order valence-electron chi connectivity index (χ1n) is 3.23. The summed E-state index contributed by atoms with van der Waals surface area (Å²) in [7, 11) is 0. The highest BCUT2D eigenvalue weighted by atomic mass is 15.4. The van der Waals surface area contributed by atoms with Gasteiger partial charge in [-0.3, -0.25) is 4.99 Å². The molecule has 0 spiro atoms. The molecule has 0 aromatic carbocycles. The molecule has 0 aromatic heterocycles. The zero-order chi connectivity index (χ0) is 6.10. The average Bonchev–Trinajstić information content (AvgIpc) is 2.33. The summed E-state index contributed by atoms with van der Waals surface area (Å²) in [5.41, 5.74) is 6.02. The maximum Gasteiger partial charge on any atom is 0.129 e. The molecule has 2 rings (SSSR count). The lowest BCUT2D eigenvalue weighted by Gasteiger charge is -2.15. The quantitative estimate of drug-likeness (QED) is 0.369. The Bertz CT molecular complexity index is 142. The zero-order valence-corrected chi connectivity index (χ0v) is 5.15. The molecule has 1 saturated heterocycles. The standard InChI is InChI=1S/C5H10N4/c1-2-7-5-4(6-1)3-8-9-5/h4,6,8H,1-3H2,(H,7,9). The second kappa shape index (κ2) is 1.97. The third-order valence-corrected chi connectivity index (χ3v) is 1.64. The molecule has 0 aliphatic carbocycles. The van der Waals surface area contributed by atoms with Gasteiger partial charge in [0.15, 0.2) is 0 Å². The Morgan fingerprint density at radius 2 is 2.56 bits per heavy atom. The maximum atomic E-state index is 4.27. The van der Waals surface area contributed by atoms with Crippen molar-refractivity contribution >= 4 is 5.84 Å². The number of fused-ring (bicyclic) bond motifs is 1. The van der Waals surface area contributed by atoms with Gasteiger partial charge in [0.1, 0.15) is 5.84 Å². The van der Waals surface area contributed by atoms with Crippen LogP contribution in [-0.4, -0.2) is 31.5 Å². The Labute approximate surface area is 53.7 Å². The molecule has 2 heterocycles. The summed E-state index contributed by atoms with van der Waals surface area (Å²) >= 11 is 0. The molecular formula is C5H10N4. The van der Waals surface area contributed by atoms with Crippen LogP contribution in [0.4, 0.5) is 0 Å². The van der Waals surface area contributed by atoms with Gasteiger partial charge in [-0.2, -0.15) is 0 Å². The van der Waals surface area contributed by atoms with E-state index in [1.54, 1.807) is 0 Å². The Morgan fingerprint density at radius 3 is 3.44 bits per heavy atom. The van der Waals surface area contributed by atoms with Crippen molar-refractivity contribution < 1.29 is 0 Å². The van der Waals surface area contributed by atoms with E-state index in [0.29, 0.717) is 6.04 Å². The smallest absolute Gasteiger partial charge is 0.129 e. The topological polar surface area (TPSA) is 48.4 Å². The van der Waals surface area contributed by atoms with Crippen molar-refractivity contribution in [2.75, 3.05) is 19.6 Å². The molecule has 1 fully saturated rings. The van der Waals surface area contributed by atoms with Crippen LogP contribution in [-0.2, 0) is 0 Å². The SMILES string of the molecule is C1CNC2CNNC2=N1. The minimum atomic E-state index is 0.443.